The number of benzene rings is 3. The number of hydrogen-bond donors (Lipinski definition) is 2. The highest BCUT2D eigenvalue weighted by atomic mass is 19.4. The van der Waals surface area contributed by atoms with Gasteiger partial charge >= 0.3 is 12.1 Å². The third-order valence-electron chi connectivity index (χ3n) is 6.38. The van der Waals surface area contributed by atoms with Crippen LogP contribution in [0, 0.1) is 5.92 Å². The molecule has 36 heavy (non-hydrogen) atoms. The third-order valence-corrected chi connectivity index (χ3v) is 6.38. The zero-order chi connectivity index (χ0) is 26.2. The molecule has 3 aromatic rings. The SMILES string of the molecule is COc1ccc(C(CC(CO)CCNC(=O)C(F)(F)F)(c2ccccc2)c2ccc(OC)cc2)cc1. The molecule has 0 bridgehead atoms. The molecular weight excluding hydrogens is 471 g/mol. The summed E-state index contributed by atoms with van der Waals surface area (Å²) in [4.78, 5) is 11.3. The van der Waals surface area contributed by atoms with E-state index in [-0.39, 0.29) is 19.6 Å². The van der Waals surface area contributed by atoms with E-state index in [0.29, 0.717) is 17.9 Å². The second kappa shape index (κ2) is 11.9. The number of rotatable bonds is 11. The lowest BCUT2D eigenvalue weighted by Crippen LogP contribution is -2.39. The molecule has 3 rings (SSSR count). The molecule has 0 radical (unpaired) electrons. The zero-order valence-electron chi connectivity index (χ0n) is 20.2. The van der Waals surface area contributed by atoms with Crippen molar-refractivity contribution in [3.8, 4) is 11.5 Å². The molecule has 1 atom stereocenters. The predicted octanol–water partition coefficient (Wildman–Crippen LogP) is 5.11. The van der Waals surface area contributed by atoms with Crippen LogP contribution in [0.25, 0.3) is 0 Å². The fourth-order valence-corrected chi connectivity index (χ4v) is 4.51. The molecule has 192 valence electrons. The van der Waals surface area contributed by atoms with Crippen molar-refractivity contribution in [2.45, 2.75) is 24.4 Å². The van der Waals surface area contributed by atoms with E-state index in [9.17, 15) is 23.1 Å². The van der Waals surface area contributed by atoms with Crippen molar-refractivity contribution in [2.24, 2.45) is 5.92 Å². The molecule has 1 unspecified atom stereocenters. The van der Waals surface area contributed by atoms with Crippen molar-refractivity contribution in [2.75, 3.05) is 27.4 Å². The van der Waals surface area contributed by atoms with E-state index < -0.39 is 23.4 Å². The molecule has 2 N–H and O–H groups in total. The molecular formula is C28H30F3NO4. The Morgan fingerprint density at radius 1 is 0.833 bits per heavy atom. The molecule has 0 aliphatic carbocycles. The van der Waals surface area contributed by atoms with Gasteiger partial charge in [-0.05, 0) is 59.7 Å². The number of methoxy groups -OCH3 is 2. The molecule has 0 saturated carbocycles. The third kappa shape index (κ3) is 6.18. The summed E-state index contributed by atoms with van der Waals surface area (Å²) < 4.78 is 48.6. The number of ether oxygens (including phenoxy) is 2. The summed E-state index contributed by atoms with van der Waals surface area (Å²) in [6, 6.07) is 25.0. The van der Waals surface area contributed by atoms with Crippen LogP contribution >= 0.6 is 0 Å². The largest absolute Gasteiger partial charge is 0.497 e. The highest BCUT2D eigenvalue weighted by Gasteiger charge is 2.40. The quantitative estimate of drug-likeness (QED) is 0.359. The summed E-state index contributed by atoms with van der Waals surface area (Å²) in [6.07, 6.45) is -4.40. The highest BCUT2D eigenvalue weighted by molar-refractivity contribution is 5.81. The summed E-state index contributed by atoms with van der Waals surface area (Å²) >= 11 is 0. The van der Waals surface area contributed by atoms with Crippen LogP contribution in [0.2, 0.25) is 0 Å². The standard InChI is InChI=1S/C28H30F3NO4/c1-35-24-12-8-22(9-13-24)27(21-6-4-3-5-7-21,23-10-14-25(36-2)15-11-23)18-20(19-33)16-17-32-26(34)28(29,30)31/h3-15,20,33H,16-19H2,1-2H3,(H,32,34). The first-order valence-corrected chi connectivity index (χ1v) is 11.5. The van der Waals surface area contributed by atoms with Gasteiger partial charge in [-0.3, -0.25) is 4.79 Å². The molecule has 0 aromatic heterocycles. The van der Waals surface area contributed by atoms with Gasteiger partial charge in [0.05, 0.1) is 14.2 Å². The summed E-state index contributed by atoms with van der Waals surface area (Å²) in [5.41, 5.74) is 2.06. The number of alkyl halides is 3. The Kier molecular flexibility index (Phi) is 8.98. The van der Waals surface area contributed by atoms with Crippen LogP contribution in [0.15, 0.2) is 78.9 Å². The average Bonchev–Trinajstić information content (AvgIpc) is 2.91. The first-order valence-electron chi connectivity index (χ1n) is 11.5. The lowest BCUT2D eigenvalue weighted by Gasteiger charge is -2.39. The van der Waals surface area contributed by atoms with Gasteiger partial charge in [0, 0.05) is 18.6 Å². The number of aliphatic hydroxyl groups excluding tert-OH is 1. The van der Waals surface area contributed by atoms with E-state index in [1.54, 1.807) is 14.2 Å². The number of halogens is 3. The zero-order valence-corrected chi connectivity index (χ0v) is 20.2. The van der Waals surface area contributed by atoms with Crippen LogP contribution in [0.4, 0.5) is 13.2 Å². The summed E-state index contributed by atoms with van der Waals surface area (Å²) in [6.45, 7) is -0.470. The Hall–Kier alpha value is -3.52. The van der Waals surface area contributed by atoms with Crippen LogP contribution in [-0.4, -0.2) is 44.6 Å². The smallest absolute Gasteiger partial charge is 0.471 e. The van der Waals surface area contributed by atoms with Crippen LogP contribution in [-0.2, 0) is 10.2 Å². The number of aliphatic hydroxyl groups is 1. The van der Waals surface area contributed by atoms with Crippen LogP contribution in [0.3, 0.4) is 0 Å². The topological polar surface area (TPSA) is 67.8 Å². The number of carbonyl (C=O) groups is 1. The number of hydrogen-bond acceptors (Lipinski definition) is 4. The number of carbonyl (C=O) groups excluding carboxylic acids is 1. The second-order valence-electron chi connectivity index (χ2n) is 8.52. The van der Waals surface area contributed by atoms with Crippen molar-refractivity contribution in [3.05, 3.63) is 95.6 Å². The predicted molar refractivity (Wildman–Crippen MR) is 131 cm³/mol. The molecule has 5 nitrogen and oxygen atoms in total. The van der Waals surface area contributed by atoms with Crippen molar-refractivity contribution < 1.29 is 32.5 Å². The molecule has 1 amide bonds. The maximum atomic E-state index is 12.6. The maximum Gasteiger partial charge on any atom is 0.471 e. The van der Waals surface area contributed by atoms with E-state index in [2.05, 4.69) is 0 Å². The van der Waals surface area contributed by atoms with Crippen molar-refractivity contribution >= 4 is 5.91 Å². The lowest BCUT2D eigenvalue weighted by atomic mass is 9.64. The molecule has 0 fully saturated rings. The van der Waals surface area contributed by atoms with Gasteiger partial charge in [0.15, 0.2) is 0 Å². The van der Waals surface area contributed by atoms with Gasteiger partial charge in [0.25, 0.3) is 0 Å². The molecule has 0 aliphatic heterocycles. The number of amides is 1. The first kappa shape index (κ1) is 27.1. The van der Waals surface area contributed by atoms with E-state index in [1.165, 1.54) is 0 Å². The molecule has 3 aromatic carbocycles. The Labute approximate surface area is 208 Å². The fourth-order valence-electron chi connectivity index (χ4n) is 4.51. The summed E-state index contributed by atoms with van der Waals surface area (Å²) in [5, 5.41) is 12.2. The van der Waals surface area contributed by atoms with Gasteiger partial charge in [-0.1, -0.05) is 54.6 Å². The lowest BCUT2D eigenvalue weighted by molar-refractivity contribution is -0.173. The minimum atomic E-state index is -4.95. The van der Waals surface area contributed by atoms with Crippen molar-refractivity contribution in [1.29, 1.82) is 0 Å². The van der Waals surface area contributed by atoms with Crippen LogP contribution in [0.1, 0.15) is 29.5 Å². The Morgan fingerprint density at radius 2 is 1.31 bits per heavy atom. The molecule has 0 heterocycles. The van der Waals surface area contributed by atoms with Crippen molar-refractivity contribution in [1.82, 2.24) is 5.32 Å². The molecule has 8 heteroatoms. The van der Waals surface area contributed by atoms with Gasteiger partial charge in [0.2, 0.25) is 0 Å². The van der Waals surface area contributed by atoms with Crippen LogP contribution in [0.5, 0.6) is 11.5 Å². The Morgan fingerprint density at radius 3 is 1.72 bits per heavy atom. The van der Waals surface area contributed by atoms with E-state index in [4.69, 9.17) is 9.47 Å². The normalized spacial score (nSPS) is 12.6. The van der Waals surface area contributed by atoms with Gasteiger partial charge in [0.1, 0.15) is 11.5 Å². The maximum absolute atomic E-state index is 12.6. The monoisotopic (exact) mass is 501 g/mol. The fraction of sp³-hybridized carbons (Fsp3) is 0.321. The first-order chi connectivity index (χ1) is 17.2. The van der Waals surface area contributed by atoms with E-state index in [0.717, 1.165) is 16.7 Å². The van der Waals surface area contributed by atoms with Gasteiger partial charge in [-0.15, -0.1) is 0 Å². The summed E-state index contributed by atoms with van der Waals surface area (Å²) in [7, 11) is 3.17. The highest BCUT2D eigenvalue weighted by Crippen LogP contribution is 2.45. The van der Waals surface area contributed by atoms with E-state index in [1.807, 2.05) is 84.2 Å². The minimum Gasteiger partial charge on any atom is -0.497 e. The number of nitrogens with one attached hydrogen (secondary N) is 1. The van der Waals surface area contributed by atoms with Crippen LogP contribution < -0.4 is 14.8 Å². The Bertz CT molecular complexity index is 1050. The second-order valence-corrected chi connectivity index (χ2v) is 8.52. The molecule has 0 spiro atoms. The molecule has 0 saturated heterocycles. The van der Waals surface area contributed by atoms with Gasteiger partial charge in [-0.2, -0.15) is 13.2 Å². The molecule has 0 aliphatic rings. The van der Waals surface area contributed by atoms with Crippen molar-refractivity contribution in [3.63, 3.8) is 0 Å². The van der Waals surface area contributed by atoms with E-state index >= 15 is 0 Å². The average molecular weight is 502 g/mol. The Balaban J connectivity index is 2.07. The summed E-state index contributed by atoms with van der Waals surface area (Å²) in [5.74, 6) is -1.03. The van der Waals surface area contributed by atoms with Gasteiger partial charge < -0.3 is 19.9 Å². The van der Waals surface area contributed by atoms with Gasteiger partial charge in [-0.25, -0.2) is 0 Å². The minimum absolute atomic E-state index is 0.166.